The summed E-state index contributed by atoms with van der Waals surface area (Å²) in [7, 11) is 1.97. The van der Waals surface area contributed by atoms with E-state index in [-0.39, 0.29) is 11.9 Å². The number of carbonyl (C=O) groups is 1. The minimum atomic E-state index is -0.179. The molecule has 0 aliphatic rings. The van der Waals surface area contributed by atoms with Gasteiger partial charge >= 0.3 is 0 Å². The smallest absolute Gasteiger partial charge is 0.241 e. The van der Waals surface area contributed by atoms with Crippen molar-refractivity contribution in [2.45, 2.75) is 25.9 Å². The van der Waals surface area contributed by atoms with Crippen LogP contribution in [0.4, 0.5) is 11.4 Å². The minimum Gasteiger partial charge on any atom is -0.399 e. The molecule has 4 heteroatoms. The summed E-state index contributed by atoms with van der Waals surface area (Å²) in [6, 6.07) is 17.2. The normalized spacial score (nSPS) is 12.1. The molecule has 116 valence electrons. The number of anilines is 2. The van der Waals surface area contributed by atoms with E-state index in [1.54, 1.807) is 12.1 Å². The van der Waals surface area contributed by atoms with Crippen LogP contribution in [0.3, 0.4) is 0 Å². The summed E-state index contributed by atoms with van der Waals surface area (Å²) in [4.78, 5) is 14.6. The van der Waals surface area contributed by atoms with Gasteiger partial charge in [0.05, 0.1) is 6.04 Å². The van der Waals surface area contributed by atoms with Gasteiger partial charge in [-0.1, -0.05) is 43.3 Å². The molecule has 0 spiro atoms. The van der Waals surface area contributed by atoms with Gasteiger partial charge in [0.1, 0.15) is 0 Å². The lowest BCUT2D eigenvalue weighted by molar-refractivity contribution is -0.121. The van der Waals surface area contributed by atoms with Crippen molar-refractivity contribution in [1.82, 2.24) is 4.90 Å². The van der Waals surface area contributed by atoms with E-state index in [0.717, 1.165) is 18.7 Å². The third-order valence-electron chi connectivity index (χ3n) is 3.65. The third-order valence-corrected chi connectivity index (χ3v) is 3.65. The number of nitrogen functional groups attached to an aromatic ring is 1. The van der Waals surface area contributed by atoms with Gasteiger partial charge in [-0.2, -0.15) is 0 Å². The second-order valence-electron chi connectivity index (χ2n) is 5.44. The maximum atomic E-state index is 12.5. The van der Waals surface area contributed by atoms with Crippen molar-refractivity contribution in [3.05, 3.63) is 60.2 Å². The Kier molecular flexibility index (Phi) is 5.55. The van der Waals surface area contributed by atoms with Gasteiger partial charge < -0.3 is 11.1 Å². The standard InChI is InChI=1S/C18H23N3O/c1-3-17(21(2)13-14-8-5-4-6-9-14)18(22)20-16-11-7-10-15(19)12-16/h4-12,17H,3,13,19H2,1-2H3,(H,20,22). The van der Waals surface area contributed by atoms with Gasteiger partial charge in [0.2, 0.25) is 5.91 Å². The van der Waals surface area contributed by atoms with Crippen LogP contribution >= 0.6 is 0 Å². The van der Waals surface area contributed by atoms with Crippen LogP contribution in [0.1, 0.15) is 18.9 Å². The molecule has 0 aliphatic heterocycles. The maximum absolute atomic E-state index is 12.5. The number of nitrogens with one attached hydrogen (secondary N) is 1. The Morgan fingerprint density at radius 2 is 1.91 bits per heavy atom. The van der Waals surface area contributed by atoms with Crippen LogP contribution in [0.15, 0.2) is 54.6 Å². The van der Waals surface area contributed by atoms with Crippen molar-refractivity contribution in [3.8, 4) is 0 Å². The average Bonchev–Trinajstić information content (AvgIpc) is 2.49. The molecule has 0 radical (unpaired) electrons. The van der Waals surface area contributed by atoms with Crippen LogP contribution in [0.5, 0.6) is 0 Å². The molecule has 22 heavy (non-hydrogen) atoms. The summed E-state index contributed by atoms with van der Waals surface area (Å²) in [5.41, 5.74) is 8.31. The van der Waals surface area contributed by atoms with Gasteiger partial charge in [-0.25, -0.2) is 0 Å². The number of rotatable bonds is 6. The topological polar surface area (TPSA) is 58.4 Å². The van der Waals surface area contributed by atoms with E-state index in [2.05, 4.69) is 22.3 Å². The number of amides is 1. The molecule has 0 saturated heterocycles. The molecule has 3 N–H and O–H groups in total. The lowest BCUT2D eigenvalue weighted by atomic mass is 10.1. The number of nitrogens with zero attached hydrogens (tertiary/aromatic N) is 1. The van der Waals surface area contributed by atoms with Crippen LogP contribution < -0.4 is 11.1 Å². The number of nitrogens with two attached hydrogens (primary N) is 1. The van der Waals surface area contributed by atoms with Gasteiger partial charge in [0.25, 0.3) is 0 Å². The molecule has 0 heterocycles. The number of benzene rings is 2. The number of hydrogen-bond acceptors (Lipinski definition) is 3. The largest absolute Gasteiger partial charge is 0.399 e. The minimum absolute atomic E-state index is 0.00784. The molecule has 2 aromatic rings. The van der Waals surface area contributed by atoms with Crippen molar-refractivity contribution < 1.29 is 4.79 Å². The highest BCUT2D eigenvalue weighted by Crippen LogP contribution is 2.15. The molecule has 1 unspecified atom stereocenters. The quantitative estimate of drug-likeness (QED) is 0.805. The molecular weight excluding hydrogens is 274 g/mol. The Balaban J connectivity index is 2.02. The molecule has 1 atom stereocenters. The zero-order valence-corrected chi connectivity index (χ0v) is 13.1. The maximum Gasteiger partial charge on any atom is 0.241 e. The molecular formula is C18H23N3O. The second kappa shape index (κ2) is 7.61. The molecule has 0 aromatic heterocycles. The number of likely N-dealkylation sites (N-methyl/N-ethyl adjacent to an activating group) is 1. The van der Waals surface area contributed by atoms with Crippen LogP contribution in [0.2, 0.25) is 0 Å². The summed E-state index contributed by atoms with van der Waals surface area (Å²) < 4.78 is 0. The first kappa shape index (κ1) is 16.0. The van der Waals surface area contributed by atoms with Crippen molar-refractivity contribution in [2.24, 2.45) is 0 Å². The predicted octanol–water partition coefficient (Wildman–Crippen LogP) is 3.12. The van der Waals surface area contributed by atoms with Gasteiger partial charge in [-0.3, -0.25) is 9.69 Å². The highest BCUT2D eigenvalue weighted by Gasteiger charge is 2.21. The van der Waals surface area contributed by atoms with Gasteiger partial charge in [0.15, 0.2) is 0 Å². The predicted molar refractivity (Wildman–Crippen MR) is 91.5 cm³/mol. The van der Waals surface area contributed by atoms with Crippen LogP contribution in [-0.4, -0.2) is 23.9 Å². The number of hydrogen-bond donors (Lipinski definition) is 2. The van der Waals surface area contributed by atoms with E-state index < -0.39 is 0 Å². The Morgan fingerprint density at radius 1 is 1.18 bits per heavy atom. The molecule has 2 aromatic carbocycles. The van der Waals surface area contributed by atoms with Gasteiger partial charge in [-0.05, 0) is 37.2 Å². The Labute approximate surface area is 131 Å². The average molecular weight is 297 g/mol. The lowest BCUT2D eigenvalue weighted by Gasteiger charge is -2.26. The van der Waals surface area contributed by atoms with Crippen molar-refractivity contribution in [3.63, 3.8) is 0 Å². The van der Waals surface area contributed by atoms with E-state index in [9.17, 15) is 4.79 Å². The lowest BCUT2D eigenvalue weighted by Crippen LogP contribution is -2.41. The molecule has 0 aliphatic carbocycles. The van der Waals surface area contributed by atoms with Crippen LogP contribution in [-0.2, 0) is 11.3 Å². The van der Waals surface area contributed by atoms with Crippen LogP contribution in [0.25, 0.3) is 0 Å². The molecule has 1 amide bonds. The van der Waals surface area contributed by atoms with E-state index in [1.165, 1.54) is 5.56 Å². The van der Waals surface area contributed by atoms with Gasteiger partial charge in [-0.15, -0.1) is 0 Å². The van der Waals surface area contributed by atoms with Gasteiger partial charge in [0, 0.05) is 17.9 Å². The van der Waals surface area contributed by atoms with E-state index in [1.807, 2.05) is 44.3 Å². The molecule has 0 saturated carbocycles. The fourth-order valence-corrected chi connectivity index (χ4v) is 2.52. The Morgan fingerprint density at radius 3 is 2.55 bits per heavy atom. The van der Waals surface area contributed by atoms with Crippen molar-refractivity contribution >= 4 is 17.3 Å². The first-order valence-electron chi connectivity index (χ1n) is 7.50. The highest BCUT2D eigenvalue weighted by molar-refractivity contribution is 5.95. The SMILES string of the molecule is CCC(C(=O)Nc1cccc(N)c1)N(C)Cc1ccccc1. The first-order chi connectivity index (χ1) is 10.6. The Hall–Kier alpha value is -2.33. The zero-order valence-electron chi connectivity index (χ0n) is 13.1. The van der Waals surface area contributed by atoms with E-state index in [0.29, 0.717) is 5.69 Å². The summed E-state index contributed by atoms with van der Waals surface area (Å²) in [5.74, 6) is -0.00784. The Bertz CT molecular complexity index is 613. The van der Waals surface area contributed by atoms with Crippen molar-refractivity contribution in [2.75, 3.05) is 18.1 Å². The summed E-state index contributed by atoms with van der Waals surface area (Å²) in [5, 5.41) is 2.94. The second-order valence-corrected chi connectivity index (χ2v) is 5.44. The highest BCUT2D eigenvalue weighted by atomic mass is 16.2. The summed E-state index contributed by atoms with van der Waals surface area (Å²) in [6.45, 7) is 2.76. The number of carbonyl (C=O) groups excluding carboxylic acids is 1. The first-order valence-corrected chi connectivity index (χ1v) is 7.50. The van der Waals surface area contributed by atoms with Crippen molar-refractivity contribution in [1.29, 1.82) is 0 Å². The molecule has 0 fully saturated rings. The third kappa shape index (κ3) is 4.33. The fourth-order valence-electron chi connectivity index (χ4n) is 2.52. The fraction of sp³-hybridized carbons (Fsp3) is 0.278. The van der Waals surface area contributed by atoms with Crippen LogP contribution in [0, 0.1) is 0 Å². The molecule has 4 nitrogen and oxygen atoms in total. The van der Waals surface area contributed by atoms with E-state index in [4.69, 9.17) is 5.73 Å². The molecule has 2 rings (SSSR count). The summed E-state index contributed by atoms with van der Waals surface area (Å²) >= 11 is 0. The monoisotopic (exact) mass is 297 g/mol. The zero-order chi connectivity index (χ0) is 15.9. The summed E-state index contributed by atoms with van der Waals surface area (Å²) in [6.07, 6.45) is 0.748. The molecule has 0 bridgehead atoms. The van der Waals surface area contributed by atoms with E-state index >= 15 is 0 Å².